The van der Waals surface area contributed by atoms with Crippen LogP contribution in [0.5, 0.6) is 0 Å². The third-order valence-corrected chi connectivity index (χ3v) is 2.64. The highest BCUT2D eigenvalue weighted by Gasteiger charge is 2.32. The quantitative estimate of drug-likeness (QED) is 0.727. The molecule has 1 aliphatic heterocycles. The second-order valence-electron chi connectivity index (χ2n) is 4.93. The molecule has 0 saturated heterocycles. The van der Waals surface area contributed by atoms with E-state index in [-0.39, 0.29) is 17.6 Å². The number of hydrogen-bond donors (Lipinski definition) is 1. The maximum absolute atomic E-state index is 9.97. The van der Waals surface area contributed by atoms with E-state index in [1.807, 2.05) is 13.8 Å². The van der Waals surface area contributed by atoms with Crippen LogP contribution in [0.2, 0.25) is 0 Å². The topological polar surface area (TPSA) is 41.8 Å². The van der Waals surface area contributed by atoms with Crippen LogP contribution < -0.4 is 0 Å². The highest BCUT2D eigenvalue weighted by atomic mass is 16.5. The van der Waals surface area contributed by atoms with E-state index < -0.39 is 6.10 Å². The summed E-state index contributed by atoms with van der Waals surface area (Å²) in [7, 11) is 0. The van der Waals surface area contributed by atoms with Crippen LogP contribution in [0.1, 0.15) is 34.1 Å². The molecule has 0 aromatic heterocycles. The van der Waals surface area contributed by atoms with E-state index in [0.717, 1.165) is 6.42 Å². The Morgan fingerprint density at radius 3 is 2.73 bits per heavy atom. The Morgan fingerprint density at radius 2 is 2.27 bits per heavy atom. The molecule has 0 radical (unpaired) electrons. The van der Waals surface area contributed by atoms with Gasteiger partial charge in [0.25, 0.3) is 0 Å². The van der Waals surface area contributed by atoms with Crippen molar-refractivity contribution in [1.82, 2.24) is 0 Å². The van der Waals surface area contributed by atoms with Crippen molar-refractivity contribution in [2.45, 2.75) is 51.9 Å². The van der Waals surface area contributed by atoms with Gasteiger partial charge in [-0.25, -0.2) is 4.99 Å². The number of aliphatic hydroxyl groups excluding tert-OH is 1. The van der Waals surface area contributed by atoms with Gasteiger partial charge in [0.15, 0.2) is 0 Å². The molecule has 3 heteroatoms. The monoisotopic (exact) mass is 211 g/mol. The zero-order chi connectivity index (χ0) is 11.6. The van der Waals surface area contributed by atoms with Crippen molar-refractivity contribution in [3.63, 3.8) is 0 Å². The van der Waals surface area contributed by atoms with Gasteiger partial charge in [0.1, 0.15) is 6.10 Å². The summed E-state index contributed by atoms with van der Waals surface area (Å²) in [4.78, 5) is 4.43. The van der Waals surface area contributed by atoms with Crippen molar-refractivity contribution >= 4 is 5.90 Å². The smallest absolute Gasteiger partial charge is 0.214 e. The molecule has 1 rings (SSSR count). The standard InChI is InChI=1S/C12H21NO2/c1-6-8(2)10(14)11-13-12(4,5)7-9(3)15-11/h6,8-10,14H,1,7H2,2-5H3/t8-,9?,10+/m1/s1. The molecular formula is C12H21NO2. The second kappa shape index (κ2) is 4.35. The van der Waals surface area contributed by atoms with Gasteiger partial charge in [0, 0.05) is 12.3 Å². The van der Waals surface area contributed by atoms with Crippen LogP contribution in [0.3, 0.4) is 0 Å². The zero-order valence-electron chi connectivity index (χ0n) is 10.0. The molecule has 1 heterocycles. The van der Waals surface area contributed by atoms with Crippen LogP contribution in [0.15, 0.2) is 17.6 Å². The van der Waals surface area contributed by atoms with Crippen LogP contribution in [-0.2, 0) is 4.74 Å². The van der Waals surface area contributed by atoms with Crippen molar-refractivity contribution in [3.05, 3.63) is 12.7 Å². The average molecular weight is 211 g/mol. The number of ether oxygens (including phenoxy) is 1. The summed E-state index contributed by atoms with van der Waals surface area (Å²) in [6, 6.07) is 0. The van der Waals surface area contributed by atoms with E-state index in [2.05, 4.69) is 25.4 Å². The third-order valence-electron chi connectivity index (χ3n) is 2.64. The molecule has 15 heavy (non-hydrogen) atoms. The molecule has 0 bridgehead atoms. The first kappa shape index (κ1) is 12.2. The normalized spacial score (nSPS) is 28.6. The molecule has 0 saturated carbocycles. The van der Waals surface area contributed by atoms with Gasteiger partial charge in [-0.1, -0.05) is 13.0 Å². The largest absolute Gasteiger partial charge is 0.476 e. The summed E-state index contributed by atoms with van der Waals surface area (Å²) in [5.74, 6) is 0.413. The van der Waals surface area contributed by atoms with Crippen molar-refractivity contribution in [2.75, 3.05) is 0 Å². The van der Waals surface area contributed by atoms with Crippen LogP contribution >= 0.6 is 0 Å². The molecule has 3 nitrogen and oxygen atoms in total. The Hall–Kier alpha value is -0.830. The van der Waals surface area contributed by atoms with Gasteiger partial charge >= 0.3 is 0 Å². The van der Waals surface area contributed by atoms with Crippen molar-refractivity contribution in [1.29, 1.82) is 0 Å². The molecule has 1 unspecified atom stereocenters. The lowest BCUT2D eigenvalue weighted by Crippen LogP contribution is -2.40. The molecule has 0 fully saturated rings. The molecule has 0 aromatic rings. The molecule has 0 aromatic carbocycles. The average Bonchev–Trinajstić information content (AvgIpc) is 2.12. The van der Waals surface area contributed by atoms with E-state index in [9.17, 15) is 5.11 Å². The van der Waals surface area contributed by atoms with Gasteiger partial charge in [0.05, 0.1) is 11.6 Å². The Morgan fingerprint density at radius 1 is 1.67 bits per heavy atom. The van der Waals surface area contributed by atoms with Crippen LogP contribution in [0.4, 0.5) is 0 Å². The maximum atomic E-state index is 9.97. The minimum atomic E-state index is -0.676. The molecule has 1 aliphatic rings. The van der Waals surface area contributed by atoms with Gasteiger partial charge in [-0.3, -0.25) is 0 Å². The summed E-state index contributed by atoms with van der Waals surface area (Å²) in [6.45, 7) is 11.7. The Bertz CT molecular complexity index is 271. The fourth-order valence-corrected chi connectivity index (χ4v) is 1.81. The Balaban J connectivity index is 2.85. The third kappa shape index (κ3) is 3.06. The Kier molecular flexibility index (Phi) is 3.55. The summed E-state index contributed by atoms with van der Waals surface area (Å²) < 4.78 is 5.56. The lowest BCUT2D eigenvalue weighted by molar-refractivity contribution is 0.0931. The van der Waals surface area contributed by atoms with Gasteiger partial charge in [-0.05, 0) is 20.8 Å². The lowest BCUT2D eigenvalue weighted by Gasteiger charge is -2.33. The first-order chi connectivity index (χ1) is 6.85. The number of aliphatic imine (C=N–C) groups is 1. The molecule has 0 amide bonds. The van der Waals surface area contributed by atoms with Crippen molar-refractivity contribution in [2.24, 2.45) is 10.9 Å². The molecule has 1 N–H and O–H groups in total. The molecule has 0 spiro atoms. The first-order valence-electron chi connectivity index (χ1n) is 5.43. The molecule has 0 aliphatic carbocycles. The van der Waals surface area contributed by atoms with Crippen molar-refractivity contribution in [3.8, 4) is 0 Å². The summed E-state index contributed by atoms with van der Waals surface area (Å²) in [6.07, 6.45) is 2.03. The first-order valence-corrected chi connectivity index (χ1v) is 5.43. The van der Waals surface area contributed by atoms with Crippen molar-refractivity contribution < 1.29 is 9.84 Å². The second-order valence-corrected chi connectivity index (χ2v) is 4.93. The van der Waals surface area contributed by atoms with Crippen LogP contribution in [0, 0.1) is 5.92 Å². The van der Waals surface area contributed by atoms with E-state index in [1.165, 1.54) is 0 Å². The predicted octanol–water partition coefficient (Wildman–Crippen LogP) is 2.16. The highest BCUT2D eigenvalue weighted by molar-refractivity contribution is 5.82. The SMILES string of the molecule is C=C[C@@H](C)[C@H](O)C1=NC(C)(C)CC(C)O1. The van der Waals surface area contributed by atoms with Gasteiger partial charge in [-0.2, -0.15) is 0 Å². The maximum Gasteiger partial charge on any atom is 0.214 e. The lowest BCUT2D eigenvalue weighted by atomic mass is 9.95. The minimum absolute atomic E-state index is 0.0372. The van der Waals surface area contributed by atoms with E-state index in [1.54, 1.807) is 6.08 Å². The minimum Gasteiger partial charge on any atom is -0.476 e. The van der Waals surface area contributed by atoms with E-state index in [4.69, 9.17) is 4.74 Å². The highest BCUT2D eigenvalue weighted by Crippen LogP contribution is 2.26. The van der Waals surface area contributed by atoms with Crippen LogP contribution in [0.25, 0.3) is 0 Å². The predicted molar refractivity (Wildman–Crippen MR) is 62.0 cm³/mol. The molecule has 3 atom stereocenters. The number of rotatable bonds is 3. The zero-order valence-corrected chi connectivity index (χ0v) is 10.0. The van der Waals surface area contributed by atoms with Crippen LogP contribution in [-0.4, -0.2) is 28.8 Å². The summed E-state index contributed by atoms with van der Waals surface area (Å²) >= 11 is 0. The molecule has 86 valence electrons. The summed E-state index contributed by atoms with van der Waals surface area (Å²) in [5.41, 5.74) is -0.144. The molecular weight excluding hydrogens is 190 g/mol. The fraction of sp³-hybridized carbons (Fsp3) is 0.750. The Labute approximate surface area is 91.9 Å². The fourth-order valence-electron chi connectivity index (χ4n) is 1.81. The van der Waals surface area contributed by atoms with E-state index >= 15 is 0 Å². The number of hydrogen-bond acceptors (Lipinski definition) is 3. The van der Waals surface area contributed by atoms with E-state index in [0.29, 0.717) is 5.90 Å². The van der Waals surface area contributed by atoms with Gasteiger partial charge in [0.2, 0.25) is 5.90 Å². The van der Waals surface area contributed by atoms with Gasteiger partial charge < -0.3 is 9.84 Å². The summed E-state index contributed by atoms with van der Waals surface area (Å²) in [5, 5.41) is 9.97. The number of nitrogens with zero attached hydrogens (tertiary/aromatic N) is 1. The van der Waals surface area contributed by atoms with Gasteiger partial charge in [-0.15, -0.1) is 6.58 Å². The number of aliphatic hydroxyl groups is 1.